The van der Waals surface area contributed by atoms with Crippen molar-refractivity contribution < 1.29 is 4.74 Å². The Hall–Kier alpha value is -1.02. The molecule has 2 rings (SSSR count). The van der Waals surface area contributed by atoms with Gasteiger partial charge in [-0.1, -0.05) is 26.0 Å². The molecule has 1 aromatic carbocycles. The minimum Gasteiger partial charge on any atom is -0.496 e. The molecule has 1 aliphatic rings. The van der Waals surface area contributed by atoms with Crippen molar-refractivity contribution in [1.82, 2.24) is 0 Å². The lowest BCUT2D eigenvalue weighted by Gasteiger charge is -2.21. The van der Waals surface area contributed by atoms with E-state index in [2.05, 4.69) is 19.9 Å². The Labute approximate surface area is 85.1 Å². The van der Waals surface area contributed by atoms with Gasteiger partial charge in [0.25, 0.3) is 0 Å². The minimum absolute atomic E-state index is 0.140. The van der Waals surface area contributed by atoms with Crippen LogP contribution < -0.4 is 10.5 Å². The summed E-state index contributed by atoms with van der Waals surface area (Å²) >= 11 is 0. The number of benzene rings is 1. The summed E-state index contributed by atoms with van der Waals surface area (Å²) < 4.78 is 5.39. The van der Waals surface area contributed by atoms with Crippen LogP contribution in [0.2, 0.25) is 0 Å². The van der Waals surface area contributed by atoms with Gasteiger partial charge in [0.2, 0.25) is 0 Å². The molecule has 0 spiro atoms. The Morgan fingerprint density at radius 1 is 1.43 bits per heavy atom. The highest BCUT2D eigenvalue weighted by Crippen LogP contribution is 2.47. The van der Waals surface area contributed by atoms with E-state index in [9.17, 15) is 0 Å². The molecule has 2 N–H and O–H groups in total. The Balaban J connectivity index is 2.63. The van der Waals surface area contributed by atoms with Gasteiger partial charge in [-0.25, -0.2) is 0 Å². The van der Waals surface area contributed by atoms with E-state index in [0.717, 1.165) is 12.2 Å². The van der Waals surface area contributed by atoms with Gasteiger partial charge in [0.05, 0.1) is 7.11 Å². The lowest BCUT2D eigenvalue weighted by molar-refractivity contribution is 0.392. The van der Waals surface area contributed by atoms with Gasteiger partial charge in [-0.05, 0) is 23.5 Å². The molecule has 0 saturated carbocycles. The summed E-state index contributed by atoms with van der Waals surface area (Å²) in [7, 11) is 1.72. The molecule has 0 saturated heterocycles. The maximum absolute atomic E-state index is 6.09. The Bertz CT molecular complexity index is 357. The summed E-state index contributed by atoms with van der Waals surface area (Å²) in [6, 6.07) is 6.30. The van der Waals surface area contributed by atoms with Crippen molar-refractivity contribution in [2.75, 3.05) is 7.11 Å². The normalized spacial score (nSPS) is 23.3. The van der Waals surface area contributed by atoms with Gasteiger partial charge in [0.1, 0.15) is 5.75 Å². The molecule has 2 nitrogen and oxygen atoms in total. The zero-order chi connectivity index (χ0) is 10.3. The van der Waals surface area contributed by atoms with Gasteiger partial charge >= 0.3 is 0 Å². The summed E-state index contributed by atoms with van der Waals surface area (Å²) in [4.78, 5) is 0. The second-order valence-electron chi connectivity index (χ2n) is 4.62. The molecule has 0 heterocycles. The third-order valence-corrected chi connectivity index (χ3v) is 3.08. The lowest BCUT2D eigenvalue weighted by atomic mass is 9.86. The number of hydrogen-bond donors (Lipinski definition) is 1. The molecule has 0 radical (unpaired) electrons. The van der Waals surface area contributed by atoms with E-state index >= 15 is 0 Å². The molecule has 0 fully saturated rings. The molecule has 0 amide bonds. The second-order valence-corrected chi connectivity index (χ2v) is 4.62. The minimum atomic E-state index is 0.140. The fourth-order valence-corrected chi connectivity index (χ4v) is 2.51. The van der Waals surface area contributed by atoms with Gasteiger partial charge in [-0.3, -0.25) is 0 Å². The Kier molecular flexibility index (Phi) is 2.04. The third-order valence-electron chi connectivity index (χ3n) is 3.08. The van der Waals surface area contributed by atoms with E-state index in [0.29, 0.717) is 0 Å². The molecule has 2 heteroatoms. The van der Waals surface area contributed by atoms with Crippen molar-refractivity contribution in [2.24, 2.45) is 5.73 Å². The summed E-state index contributed by atoms with van der Waals surface area (Å²) in [5.74, 6) is 0.973. The first-order valence-electron chi connectivity index (χ1n) is 4.99. The highest BCUT2D eigenvalue weighted by Gasteiger charge is 2.37. The fourth-order valence-electron chi connectivity index (χ4n) is 2.51. The van der Waals surface area contributed by atoms with E-state index in [1.165, 1.54) is 11.1 Å². The van der Waals surface area contributed by atoms with E-state index < -0.39 is 0 Å². The largest absolute Gasteiger partial charge is 0.496 e. The third kappa shape index (κ3) is 1.22. The molecule has 1 aromatic rings. The molecule has 1 atom stereocenters. The molecular formula is C12H17NO. The number of methoxy groups -OCH3 is 1. The van der Waals surface area contributed by atoms with Crippen LogP contribution in [0.4, 0.5) is 0 Å². The predicted molar refractivity (Wildman–Crippen MR) is 57.6 cm³/mol. The SMILES string of the molecule is COc1cccc2c1C(C)(C)CC2N. The van der Waals surface area contributed by atoms with Gasteiger partial charge in [-0.2, -0.15) is 0 Å². The first-order valence-corrected chi connectivity index (χ1v) is 4.99. The Morgan fingerprint density at radius 2 is 2.14 bits per heavy atom. The molecule has 0 aromatic heterocycles. The fraction of sp³-hybridized carbons (Fsp3) is 0.500. The van der Waals surface area contributed by atoms with Crippen LogP contribution in [-0.4, -0.2) is 7.11 Å². The van der Waals surface area contributed by atoms with Crippen LogP contribution in [0.25, 0.3) is 0 Å². The van der Waals surface area contributed by atoms with Crippen molar-refractivity contribution in [3.05, 3.63) is 29.3 Å². The van der Waals surface area contributed by atoms with Crippen molar-refractivity contribution in [3.8, 4) is 5.75 Å². The average Bonchev–Trinajstić information content (AvgIpc) is 2.38. The smallest absolute Gasteiger partial charge is 0.122 e. The van der Waals surface area contributed by atoms with Crippen LogP contribution in [0, 0.1) is 0 Å². The zero-order valence-electron chi connectivity index (χ0n) is 9.00. The summed E-state index contributed by atoms with van der Waals surface area (Å²) in [5, 5.41) is 0. The quantitative estimate of drug-likeness (QED) is 0.739. The number of fused-ring (bicyclic) bond motifs is 1. The maximum Gasteiger partial charge on any atom is 0.122 e. The zero-order valence-corrected chi connectivity index (χ0v) is 9.00. The average molecular weight is 191 g/mol. The van der Waals surface area contributed by atoms with E-state index in [1.807, 2.05) is 12.1 Å². The Morgan fingerprint density at radius 3 is 2.79 bits per heavy atom. The molecule has 14 heavy (non-hydrogen) atoms. The van der Waals surface area contributed by atoms with Crippen LogP contribution in [0.15, 0.2) is 18.2 Å². The maximum atomic E-state index is 6.09. The van der Waals surface area contributed by atoms with Crippen LogP contribution >= 0.6 is 0 Å². The number of nitrogens with two attached hydrogens (primary N) is 1. The van der Waals surface area contributed by atoms with Gasteiger partial charge < -0.3 is 10.5 Å². The standard InChI is InChI=1S/C12H17NO/c1-12(2)7-9(13)8-5-4-6-10(14-3)11(8)12/h4-6,9H,7,13H2,1-3H3. The molecule has 1 unspecified atom stereocenters. The summed E-state index contributed by atoms with van der Waals surface area (Å²) in [5.41, 5.74) is 8.76. The molecule has 0 bridgehead atoms. The van der Waals surface area contributed by atoms with E-state index in [4.69, 9.17) is 10.5 Å². The topological polar surface area (TPSA) is 35.2 Å². The van der Waals surface area contributed by atoms with Crippen LogP contribution in [0.3, 0.4) is 0 Å². The highest BCUT2D eigenvalue weighted by molar-refractivity contribution is 5.50. The summed E-state index contributed by atoms with van der Waals surface area (Å²) in [6.07, 6.45) is 1.00. The van der Waals surface area contributed by atoms with Crippen molar-refractivity contribution in [3.63, 3.8) is 0 Å². The van der Waals surface area contributed by atoms with Crippen LogP contribution in [0.5, 0.6) is 5.75 Å². The van der Waals surface area contributed by atoms with Gasteiger partial charge in [0.15, 0.2) is 0 Å². The molecule has 76 valence electrons. The highest BCUT2D eigenvalue weighted by atomic mass is 16.5. The number of ether oxygens (including phenoxy) is 1. The van der Waals surface area contributed by atoms with Crippen molar-refractivity contribution in [1.29, 1.82) is 0 Å². The van der Waals surface area contributed by atoms with E-state index in [-0.39, 0.29) is 11.5 Å². The first-order chi connectivity index (χ1) is 6.56. The number of rotatable bonds is 1. The van der Waals surface area contributed by atoms with Gasteiger partial charge in [-0.15, -0.1) is 0 Å². The van der Waals surface area contributed by atoms with Crippen LogP contribution in [-0.2, 0) is 5.41 Å². The predicted octanol–water partition coefficient (Wildman–Crippen LogP) is 2.38. The number of hydrogen-bond acceptors (Lipinski definition) is 2. The van der Waals surface area contributed by atoms with E-state index in [1.54, 1.807) is 7.11 Å². The monoisotopic (exact) mass is 191 g/mol. The summed E-state index contributed by atoms with van der Waals surface area (Å²) in [6.45, 7) is 4.45. The molecular weight excluding hydrogens is 174 g/mol. The molecule has 1 aliphatic carbocycles. The first kappa shape index (κ1) is 9.53. The van der Waals surface area contributed by atoms with Gasteiger partial charge in [0, 0.05) is 11.6 Å². The van der Waals surface area contributed by atoms with Crippen LogP contribution in [0.1, 0.15) is 37.4 Å². The second kappa shape index (κ2) is 2.99. The lowest BCUT2D eigenvalue weighted by Crippen LogP contribution is -2.15. The van der Waals surface area contributed by atoms with Crippen molar-refractivity contribution >= 4 is 0 Å². The van der Waals surface area contributed by atoms with Crippen molar-refractivity contribution in [2.45, 2.75) is 31.7 Å². The molecule has 0 aliphatic heterocycles.